The number of carbonyl (C=O) groups is 2. The number of oxime groups is 1. The normalized spacial score (nSPS) is 25.0. The van der Waals surface area contributed by atoms with Crippen LogP contribution in [0, 0.1) is 12.8 Å². The Morgan fingerprint density at radius 1 is 1.16 bits per heavy atom. The van der Waals surface area contributed by atoms with Gasteiger partial charge in [0.15, 0.2) is 11.8 Å². The smallest absolute Gasteiger partial charge is 0.272 e. The van der Waals surface area contributed by atoms with E-state index in [-0.39, 0.29) is 23.8 Å². The van der Waals surface area contributed by atoms with Crippen molar-refractivity contribution in [3.63, 3.8) is 0 Å². The number of rotatable bonds is 2. The van der Waals surface area contributed by atoms with Gasteiger partial charge in [0, 0.05) is 30.2 Å². The van der Waals surface area contributed by atoms with Crippen LogP contribution in [0.2, 0.25) is 5.02 Å². The minimum atomic E-state index is -0.231. The molecule has 2 saturated heterocycles. The second-order valence-electron chi connectivity index (χ2n) is 6.85. The van der Waals surface area contributed by atoms with Gasteiger partial charge in [-0.1, -0.05) is 22.8 Å². The minimum absolute atomic E-state index is 0.0433. The van der Waals surface area contributed by atoms with Gasteiger partial charge >= 0.3 is 0 Å². The van der Waals surface area contributed by atoms with E-state index in [1.165, 1.54) is 0 Å². The van der Waals surface area contributed by atoms with E-state index in [2.05, 4.69) is 5.16 Å². The highest BCUT2D eigenvalue weighted by molar-refractivity contribution is 6.40. The van der Waals surface area contributed by atoms with Crippen molar-refractivity contribution in [1.82, 2.24) is 9.80 Å². The zero-order valence-electron chi connectivity index (χ0n) is 14.1. The van der Waals surface area contributed by atoms with E-state index in [4.69, 9.17) is 16.4 Å². The molecular formula is C18H20ClN3O3. The molecule has 0 unspecified atom stereocenters. The Bertz CT molecular complexity index is 758. The van der Waals surface area contributed by atoms with Crippen LogP contribution in [0.1, 0.15) is 28.8 Å². The molecule has 0 spiro atoms. The summed E-state index contributed by atoms with van der Waals surface area (Å²) < 4.78 is 0. The van der Waals surface area contributed by atoms with Crippen LogP contribution < -0.4 is 0 Å². The fraction of sp³-hybridized carbons (Fsp3) is 0.500. The molecule has 0 aromatic heterocycles. The molecule has 3 aliphatic heterocycles. The van der Waals surface area contributed by atoms with E-state index >= 15 is 0 Å². The Morgan fingerprint density at radius 2 is 1.92 bits per heavy atom. The zero-order chi connectivity index (χ0) is 17.6. The second-order valence-corrected chi connectivity index (χ2v) is 7.26. The first kappa shape index (κ1) is 16.4. The summed E-state index contributed by atoms with van der Waals surface area (Å²) >= 11 is 6.13. The average Bonchev–Trinajstić information content (AvgIpc) is 3.32. The molecule has 6 nitrogen and oxygen atoms in total. The molecule has 132 valence electrons. The predicted molar refractivity (Wildman–Crippen MR) is 93.7 cm³/mol. The highest BCUT2D eigenvalue weighted by Gasteiger charge is 2.47. The van der Waals surface area contributed by atoms with E-state index in [0.29, 0.717) is 29.4 Å². The van der Waals surface area contributed by atoms with Crippen molar-refractivity contribution < 1.29 is 14.4 Å². The maximum atomic E-state index is 12.9. The quantitative estimate of drug-likeness (QED) is 0.810. The maximum absolute atomic E-state index is 12.9. The van der Waals surface area contributed by atoms with Crippen LogP contribution in [0.15, 0.2) is 23.4 Å². The third-order valence-corrected chi connectivity index (χ3v) is 5.71. The highest BCUT2D eigenvalue weighted by atomic mass is 35.5. The fourth-order valence-corrected chi connectivity index (χ4v) is 3.97. The first-order chi connectivity index (χ1) is 12.1. The molecule has 1 aromatic carbocycles. The molecule has 2 amide bonds. The summed E-state index contributed by atoms with van der Waals surface area (Å²) in [5, 5.41) is 4.61. The lowest BCUT2D eigenvalue weighted by Crippen LogP contribution is -2.39. The van der Waals surface area contributed by atoms with Crippen LogP contribution in [0.25, 0.3) is 0 Å². The Kier molecular flexibility index (Phi) is 4.15. The second kappa shape index (κ2) is 6.33. The molecule has 3 aliphatic rings. The van der Waals surface area contributed by atoms with Crippen molar-refractivity contribution in [3.8, 4) is 0 Å². The van der Waals surface area contributed by atoms with E-state index in [1.807, 2.05) is 11.8 Å². The maximum Gasteiger partial charge on any atom is 0.272 e. The lowest BCUT2D eigenvalue weighted by Gasteiger charge is -2.19. The van der Waals surface area contributed by atoms with E-state index in [0.717, 1.165) is 31.5 Å². The van der Waals surface area contributed by atoms with Gasteiger partial charge in [0.2, 0.25) is 0 Å². The molecule has 4 rings (SSSR count). The SMILES string of the molecule is Cc1c(Cl)cccc1C(=O)N1C[C@@H]2C(C(=O)N3CCCC3)=NO[C@@H]2C1. The number of amides is 2. The first-order valence-electron chi connectivity index (χ1n) is 8.63. The Morgan fingerprint density at radius 3 is 2.68 bits per heavy atom. The molecule has 3 heterocycles. The lowest BCUT2D eigenvalue weighted by molar-refractivity contribution is -0.123. The third-order valence-electron chi connectivity index (χ3n) is 5.30. The minimum Gasteiger partial charge on any atom is -0.389 e. The summed E-state index contributed by atoms with van der Waals surface area (Å²) in [4.78, 5) is 34.5. The number of likely N-dealkylation sites (tertiary alicyclic amines) is 2. The lowest BCUT2D eigenvalue weighted by atomic mass is 10.00. The van der Waals surface area contributed by atoms with Crippen molar-refractivity contribution in [2.45, 2.75) is 25.9 Å². The number of hydrogen-bond donors (Lipinski definition) is 0. The summed E-state index contributed by atoms with van der Waals surface area (Å²) in [6.45, 7) is 4.29. The van der Waals surface area contributed by atoms with Crippen molar-refractivity contribution in [1.29, 1.82) is 0 Å². The highest BCUT2D eigenvalue weighted by Crippen LogP contribution is 2.30. The van der Waals surface area contributed by atoms with Gasteiger partial charge in [-0.05, 0) is 37.5 Å². The fourth-order valence-electron chi connectivity index (χ4n) is 3.79. The summed E-state index contributed by atoms with van der Waals surface area (Å²) in [5.41, 5.74) is 1.83. The molecule has 0 saturated carbocycles. The van der Waals surface area contributed by atoms with Gasteiger partial charge in [-0.2, -0.15) is 0 Å². The molecule has 0 bridgehead atoms. The summed E-state index contributed by atoms with van der Waals surface area (Å²) in [6, 6.07) is 5.33. The molecule has 2 atom stereocenters. The number of hydrogen-bond acceptors (Lipinski definition) is 4. The van der Waals surface area contributed by atoms with Crippen LogP contribution in [-0.4, -0.2) is 59.6 Å². The van der Waals surface area contributed by atoms with Crippen LogP contribution in [0.5, 0.6) is 0 Å². The van der Waals surface area contributed by atoms with Crippen molar-refractivity contribution in [2.75, 3.05) is 26.2 Å². The average molecular weight is 362 g/mol. The monoisotopic (exact) mass is 361 g/mol. The van der Waals surface area contributed by atoms with Crippen LogP contribution in [0.4, 0.5) is 0 Å². The van der Waals surface area contributed by atoms with Gasteiger partial charge in [-0.15, -0.1) is 0 Å². The van der Waals surface area contributed by atoms with Gasteiger partial charge < -0.3 is 14.6 Å². The largest absolute Gasteiger partial charge is 0.389 e. The molecule has 0 aliphatic carbocycles. The van der Waals surface area contributed by atoms with Gasteiger partial charge in [0.1, 0.15) is 0 Å². The van der Waals surface area contributed by atoms with E-state index in [1.54, 1.807) is 23.1 Å². The molecular weight excluding hydrogens is 342 g/mol. The summed E-state index contributed by atoms with van der Waals surface area (Å²) in [7, 11) is 0. The molecule has 7 heteroatoms. The number of benzene rings is 1. The van der Waals surface area contributed by atoms with Gasteiger partial charge in [0.25, 0.3) is 11.8 Å². The van der Waals surface area contributed by atoms with Crippen molar-refractivity contribution in [3.05, 3.63) is 34.3 Å². The van der Waals surface area contributed by atoms with Gasteiger partial charge in [-0.3, -0.25) is 9.59 Å². The number of halogens is 1. The number of carbonyl (C=O) groups excluding carboxylic acids is 2. The van der Waals surface area contributed by atoms with Crippen LogP contribution in [-0.2, 0) is 9.63 Å². The van der Waals surface area contributed by atoms with Gasteiger partial charge in [0.05, 0.1) is 12.5 Å². The first-order valence-corrected chi connectivity index (χ1v) is 9.01. The Balaban J connectivity index is 1.49. The molecule has 25 heavy (non-hydrogen) atoms. The topological polar surface area (TPSA) is 62.2 Å². The summed E-state index contributed by atoms with van der Waals surface area (Å²) in [5.74, 6) is -0.263. The van der Waals surface area contributed by atoms with Crippen LogP contribution >= 0.6 is 11.6 Å². The Labute approximate surface area is 151 Å². The number of nitrogens with zero attached hydrogens (tertiary/aromatic N) is 3. The standard InChI is InChI=1S/C18H20ClN3O3/c1-11-12(5-4-6-14(11)19)17(23)22-9-13-15(10-22)25-20-16(13)18(24)21-7-2-3-8-21/h4-6,13,15H,2-3,7-10H2,1H3/t13-,15+/m0/s1. The number of fused-ring (bicyclic) bond motifs is 1. The van der Waals surface area contributed by atoms with Crippen LogP contribution in [0.3, 0.4) is 0 Å². The molecule has 0 radical (unpaired) electrons. The summed E-state index contributed by atoms with van der Waals surface area (Å²) in [6.07, 6.45) is 1.84. The molecule has 0 N–H and O–H groups in total. The van der Waals surface area contributed by atoms with E-state index < -0.39 is 0 Å². The van der Waals surface area contributed by atoms with E-state index in [9.17, 15) is 9.59 Å². The molecule has 2 fully saturated rings. The van der Waals surface area contributed by atoms with Gasteiger partial charge in [-0.25, -0.2) is 0 Å². The van der Waals surface area contributed by atoms with Crippen molar-refractivity contribution >= 4 is 29.1 Å². The molecule has 1 aromatic rings. The zero-order valence-corrected chi connectivity index (χ0v) is 14.8. The Hall–Kier alpha value is -2.08. The third kappa shape index (κ3) is 2.78. The van der Waals surface area contributed by atoms with Crippen molar-refractivity contribution in [2.24, 2.45) is 11.1 Å². The predicted octanol–water partition coefficient (Wildman–Crippen LogP) is 2.10.